The van der Waals surface area contributed by atoms with Crippen LogP contribution >= 0.6 is 0 Å². The largest absolute Gasteiger partial charge is 0.477 e. The van der Waals surface area contributed by atoms with E-state index in [2.05, 4.69) is 0 Å². The number of rotatable bonds is 9. The van der Waals surface area contributed by atoms with Crippen molar-refractivity contribution in [3.63, 3.8) is 0 Å². The Hall–Kier alpha value is -3.33. The highest BCUT2D eigenvalue weighted by molar-refractivity contribution is 5.93. The average Bonchev–Trinajstić information content (AvgIpc) is 2.88. The van der Waals surface area contributed by atoms with Crippen molar-refractivity contribution in [1.82, 2.24) is 0 Å². The maximum atomic E-state index is 14.3. The first-order chi connectivity index (χ1) is 17.7. The minimum absolute atomic E-state index is 0.122. The van der Waals surface area contributed by atoms with Gasteiger partial charge in [0.25, 0.3) is 0 Å². The summed E-state index contributed by atoms with van der Waals surface area (Å²) in [6.45, 7) is -0.154. The quantitative estimate of drug-likeness (QED) is 0.360. The molecule has 7 nitrogen and oxygen atoms in total. The first-order valence-electron chi connectivity index (χ1n) is 12.5. The minimum atomic E-state index is -4.35. The number of carboxylic acids is 1. The fourth-order valence-electron chi connectivity index (χ4n) is 6.41. The van der Waals surface area contributed by atoms with Crippen LogP contribution in [0.25, 0.3) is 0 Å². The summed E-state index contributed by atoms with van der Waals surface area (Å²) in [5.41, 5.74) is -0.133. The van der Waals surface area contributed by atoms with Crippen molar-refractivity contribution < 1.29 is 42.5 Å². The van der Waals surface area contributed by atoms with Crippen LogP contribution in [0.4, 0.5) is 8.78 Å². The van der Waals surface area contributed by atoms with E-state index in [-0.39, 0.29) is 29.6 Å². The summed E-state index contributed by atoms with van der Waals surface area (Å²) in [5.74, 6) is -5.85. The average molecular weight is 515 g/mol. The molecule has 37 heavy (non-hydrogen) atoms. The fraction of sp³-hybridized carbons (Fsp3) is 0.464. The molecule has 4 saturated carbocycles. The summed E-state index contributed by atoms with van der Waals surface area (Å²) in [6.07, 6.45) is 3.89. The van der Waals surface area contributed by atoms with Gasteiger partial charge < -0.3 is 19.3 Å². The van der Waals surface area contributed by atoms with Gasteiger partial charge in [-0.05, 0) is 85.6 Å². The van der Waals surface area contributed by atoms with Gasteiger partial charge in [-0.2, -0.15) is 8.78 Å². The Morgan fingerprint density at radius 1 is 0.838 bits per heavy atom. The highest BCUT2D eigenvalue weighted by atomic mass is 19.3. The number of benzene rings is 2. The molecule has 1 unspecified atom stereocenters. The molecule has 196 valence electrons. The van der Waals surface area contributed by atoms with E-state index in [4.69, 9.17) is 19.3 Å². The van der Waals surface area contributed by atoms with Gasteiger partial charge in [0.05, 0.1) is 17.2 Å². The van der Waals surface area contributed by atoms with Gasteiger partial charge in [-0.1, -0.05) is 30.3 Å². The van der Waals surface area contributed by atoms with E-state index in [1.54, 1.807) is 6.07 Å². The van der Waals surface area contributed by atoms with E-state index in [1.165, 1.54) is 80.6 Å². The molecule has 0 aromatic heterocycles. The van der Waals surface area contributed by atoms with Crippen molar-refractivity contribution in [2.45, 2.75) is 50.2 Å². The van der Waals surface area contributed by atoms with Crippen molar-refractivity contribution in [3.05, 3.63) is 71.3 Å². The summed E-state index contributed by atoms with van der Waals surface area (Å²) < 4.78 is 44.9. The van der Waals surface area contributed by atoms with Crippen LogP contribution in [0.3, 0.4) is 0 Å². The maximum Gasteiger partial charge on any atom is 0.382 e. The van der Waals surface area contributed by atoms with Crippen molar-refractivity contribution in [2.24, 2.45) is 23.7 Å². The number of hydrogen-bond donors (Lipinski definition) is 1. The molecule has 0 aliphatic heterocycles. The zero-order valence-electron chi connectivity index (χ0n) is 20.1. The molecule has 2 aromatic carbocycles. The molecule has 9 heteroatoms. The van der Waals surface area contributed by atoms with Gasteiger partial charge >= 0.3 is 23.8 Å². The van der Waals surface area contributed by atoms with E-state index in [0.717, 1.165) is 11.8 Å². The summed E-state index contributed by atoms with van der Waals surface area (Å²) in [6, 6.07) is 12.0. The molecule has 4 bridgehead atoms. The third-order valence-corrected chi connectivity index (χ3v) is 7.89. The van der Waals surface area contributed by atoms with Gasteiger partial charge in [0.15, 0.2) is 6.79 Å². The minimum Gasteiger partial charge on any atom is -0.477 e. The van der Waals surface area contributed by atoms with Gasteiger partial charge in [-0.15, -0.1) is 0 Å². The number of esters is 2. The van der Waals surface area contributed by atoms with Crippen LogP contribution in [0.5, 0.6) is 0 Å². The molecule has 0 radical (unpaired) electrons. The molecule has 1 N–H and O–H groups in total. The van der Waals surface area contributed by atoms with Crippen LogP contribution in [0, 0.1) is 23.7 Å². The Kier molecular flexibility index (Phi) is 6.98. The highest BCUT2D eigenvalue weighted by Gasteiger charge is 2.51. The second-order valence-corrected chi connectivity index (χ2v) is 10.3. The Bertz CT molecular complexity index is 1120. The molecule has 4 aliphatic rings. The Morgan fingerprint density at radius 2 is 1.38 bits per heavy atom. The molecule has 0 heterocycles. The number of carbonyl (C=O) groups excluding carboxylic acids is 2. The summed E-state index contributed by atoms with van der Waals surface area (Å²) >= 11 is 0. The molecule has 0 spiro atoms. The van der Waals surface area contributed by atoms with E-state index in [1.807, 2.05) is 0 Å². The van der Waals surface area contributed by atoms with Crippen molar-refractivity contribution in [2.75, 3.05) is 6.79 Å². The fourth-order valence-corrected chi connectivity index (χ4v) is 6.41. The first kappa shape index (κ1) is 25.3. The maximum absolute atomic E-state index is 14.3. The van der Waals surface area contributed by atoms with Crippen molar-refractivity contribution in [3.8, 4) is 0 Å². The lowest BCUT2D eigenvalue weighted by molar-refractivity contribution is -0.183. The normalized spacial score (nSPS) is 26.9. The van der Waals surface area contributed by atoms with Crippen LogP contribution in [0.2, 0.25) is 0 Å². The third-order valence-electron chi connectivity index (χ3n) is 7.89. The van der Waals surface area contributed by atoms with Gasteiger partial charge in [-0.25, -0.2) is 14.4 Å². The van der Waals surface area contributed by atoms with Crippen LogP contribution in [0.15, 0.2) is 54.6 Å². The number of halogens is 2. The van der Waals surface area contributed by atoms with Gasteiger partial charge in [0, 0.05) is 0 Å². The van der Waals surface area contributed by atoms with Gasteiger partial charge in [0.1, 0.15) is 0 Å². The van der Waals surface area contributed by atoms with Crippen LogP contribution in [-0.2, 0) is 19.0 Å². The smallest absolute Gasteiger partial charge is 0.382 e. The van der Waals surface area contributed by atoms with Gasteiger partial charge in [0.2, 0.25) is 6.10 Å². The van der Waals surface area contributed by atoms with Gasteiger partial charge in [-0.3, -0.25) is 0 Å². The van der Waals surface area contributed by atoms with E-state index >= 15 is 0 Å². The standard InChI is InChI=1S/C28H28F2O7/c29-28(30,27(33)34)24(18-4-2-1-3-5-18)37-26(32)20-8-6-19(7-9-20)25(31)36-15-35-23-21-11-16-10-17(13-21)14-22(23)12-16/h1-9,16-17,21-24H,10-15H2,(H,33,34). The van der Waals surface area contributed by atoms with Crippen LogP contribution in [-0.4, -0.2) is 41.8 Å². The lowest BCUT2D eigenvalue weighted by Gasteiger charge is -2.53. The molecule has 2 aromatic rings. The monoisotopic (exact) mass is 514 g/mol. The molecule has 6 rings (SSSR count). The molecular weight excluding hydrogens is 486 g/mol. The van der Waals surface area contributed by atoms with Crippen LogP contribution in [0.1, 0.15) is 64.5 Å². The zero-order valence-corrected chi connectivity index (χ0v) is 20.1. The topological polar surface area (TPSA) is 99.1 Å². The number of hydrogen-bond acceptors (Lipinski definition) is 6. The first-order valence-corrected chi connectivity index (χ1v) is 12.5. The Balaban J connectivity index is 1.17. The second kappa shape index (κ2) is 10.2. The predicted octanol–water partition coefficient (Wildman–Crippen LogP) is 5.26. The lowest BCUT2D eigenvalue weighted by atomic mass is 9.55. The Labute approximate surface area is 212 Å². The molecule has 0 saturated heterocycles. The number of alkyl halides is 2. The van der Waals surface area contributed by atoms with Crippen molar-refractivity contribution >= 4 is 17.9 Å². The second-order valence-electron chi connectivity index (χ2n) is 10.3. The summed E-state index contributed by atoms with van der Waals surface area (Å²) in [5, 5.41) is 8.96. The molecular formula is C28H28F2O7. The van der Waals surface area contributed by atoms with E-state index < -0.39 is 29.9 Å². The molecule has 4 fully saturated rings. The third kappa shape index (κ3) is 5.23. The molecule has 1 atom stereocenters. The lowest BCUT2D eigenvalue weighted by Crippen LogP contribution is -2.49. The number of carbonyl (C=O) groups is 3. The number of aliphatic carboxylic acids is 1. The predicted molar refractivity (Wildman–Crippen MR) is 126 cm³/mol. The van der Waals surface area contributed by atoms with E-state index in [9.17, 15) is 23.2 Å². The summed E-state index contributed by atoms with van der Waals surface area (Å²) in [7, 11) is 0. The Morgan fingerprint density at radius 3 is 1.92 bits per heavy atom. The molecule has 4 aliphatic carbocycles. The highest BCUT2D eigenvalue weighted by Crippen LogP contribution is 2.54. The molecule has 0 amide bonds. The van der Waals surface area contributed by atoms with Crippen LogP contribution < -0.4 is 0 Å². The number of carboxylic acid groups (broad SMARTS) is 1. The number of ether oxygens (including phenoxy) is 3. The summed E-state index contributed by atoms with van der Waals surface area (Å²) in [4.78, 5) is 36.2. The SMILES string of the molecule is O=C(OCOC1C2CC3CC(C2)CC1C3)c1ccc(C(=O)OC(c2ccccc2)C(F)(F)C(=O)O)cc1. The van der Waals surface area contributed by atoms with Crippen molar-refractivity contribution in [1.29, 1.82) is 0 Å². The zero-order chi connectivity index (χ0) is 26.2. The van der Waals surface area contributed by atoms with E-state index in [0.29, 0.717) is 11.8 Å².